The van der Waals surface area contributed by atoms with Crippen LogP contribution < -0.4 is 5.73 Å². The number of ether oxygens (including phenoxy) is 2. The van der Waals surface area contributed by atoms with E-state index in [0.717, 1.165) is 45.1 Å². The van der Waals surface area contributed by atoms with Gasteiger partial charge in [-0.05, 0) is 31.1 Å². The first-order chi connectivity index (χ1) is 9.08. The van der Waals surface area contributed by atoms with Crippen molar-refractivity contribution in [1.82, 2.24) is 0 Å². The van der Waals surface area contributed by atoms with Crippen LogP contribution in [0.5, 0.6) is 0 Å². The van der Waals surface area contributed by atoms with Crippen LogP contribution in [0.2, 0.25) is 0 Å². The molecule has 1 aliphatic rings. The molecule has 0 aromatic rings. The summed E-state index contributed by atoms with van der Waals surface area (Å²) in [5, 5.41) is 0. The number of rotatable bonds is 8. The molecule has 1 rings (SSSR count). The molecule has 0 radical (unpaired) electrons. The molecule has 4 heteroatoms. The summed E-state index contributed by atoms with van der Waals surface area (Å²) in [7, 11) is 1.41. The zero-order valence-electron chi connectivity index (χ0n) is 12.6. The first kappa shape index (κ1) is 16.4. The molecule has 1 saturated carbocycles. The molecule has 0 spiro atoms. The molecule has 19 heavy (non-hydrogen) atoms. The van der Waals surface area contributed by atoms with Crippen molar-refractivity contribution in [3.8, 4) is 0 Å². The summed E-state index contributed by atoms with van der Waals surface area (Å²) in [4.78, 5) is 11.8. The third kappa shape index (κ3) is 4.18. The van der Waals surface area contributed by atoms with Crippen LogP contribution >= 0.6 is 0 Å². The van der Waals surface area contributed by atoms with E-state index in [0.29, 0.717) is 12.5 Å². The van der Waals surface area contributed by atoms with E-state index in [1.165, 1.54) is 7.11 Å². The van der Waals surface area contributed by atoms with E-state index >= 15 is 0 Å². The SMILES string of the molecule is CCC(CC)COCCC1CCCC1(N)C(=O)OC. The van der Waals surface area contributed by atoms with Gasteiger partial charge in [-0.1, -0.05) is 33.1 Å². The zero-order valence-corrected chi connectivity index (χ0v) is 12.6. The number of hydrogen-bond donors (Lipinski definition) is 1. The van der Waals surface area contributed by atoms with Crippen LogP contribution in [0.4, 0.5) is 0 Å². The maximum Gasteiger partial charge on any atom is 0.326 e. The zero-order chi connectivity index (χ0) is 14.3. The van der Waals surface area contributed by atoms with Gasteiger partial charge in [-0.2, -0.15) is 0 Å². The van der Waals surface area contributed by atoms with Crippen LogP contribution in [0.1, 0.15) is 52.4 Å². The summed E-state index contributed by atoms with van der Waals surface area (Å²) >= 11 is 0. The second kappa shape index (κ2) is 7.85. The van der Waals surface area contributed by atoms with Gasteiger partial charge >= 0.3 is 5.97 Å². The predicted molar refractivity (Wildman–Crippen MR) is 75.8 cm³/mol. The van der Waals surface area contributed by atoms with Gasteiger partial charge in [0.15, 0.2) is 0 Å². The molecule has 2 unspecified atom stereocenters. The average Bonchev–Trinajstić information content (AvgIpc) is 2.80. The van der Waals surface area contributed by atoms with Crippen LogP contribution in [-0.2, 0) is 14.3 Å². The molecule has 0 heterocycles. The molecule has 2 N–H and O–H groups in total. The molecule has 0 bridgehead atoms. The van der Waals surface area contributed by atoms with Gasteiger partial charge in [0.1, 0.15) is 5.54 Å². The van der Waals surface area contributed by atoms with Crippen molar-refractivity contribution in [2.45, 2.75) is 57.9 Å². The fourth-order valence-corrected chi connectivity index (χ4v) is 2.96. The number of nitrogens with two attached hydrogens (primary N) is 1. The Morgan fingerprint density at radius 1 is 1.42 bits per heavy atom. The van der Waals surface area contributed by atoms with Crippen molar-refractivity contribution in [3.05, 3.63) is 0 Å². The number of methoxy groups -OCH3 is 1. The van der Waals surface area contributed by atoms with Crippen molar-refractivity contribution in [3.63, 3.8) is 0 Å². The highest BCUT2D eigenvalue weighted by Gasteiger charge is 2.46. The molecule has 112 valence electrons. The molecule has 1 fully saturated rings. The Hall–Kier alpha value is -0.610. The van der Waals surface area contributed by atoms with Gasteiger partial charge in [0.2, 0.25) is 0 Å². The minimum Gasteiger partial charge on any atom is -0.468 e. The Kier molecular flexibility index (Phi) is 6.80. The molecule has 0 aromatic heterocycles. The summed E-state index contributed by atoms with van der Waals surface area (Å²) in [6, 6.07) is 0. The van der Waals surface area contributed by atoms with Crippen LogP contribution in [0.25, 0.3) is 0 Å². The standard InChI is InChI=1S/C15H29NO3/c1-4-12(5-2)11-19-10-8-13-7-6-9-15(13,16)14(17)18-3/h12-13H,4-11,16H2,1-3H3. The summed E-state index contributed by atoms with van der Waals surface area (Å²) in [5.74, 6) is 0.573. The van der Waals surface area contributed by atoms with Gasteiger partial charge < -0.3 is 15.2 Å². The van der Waals surface area contributed by atoms with E-state index < -0.39 is 5.54 Å². The normalized spacial score (nSPS) is 26.9. The Morgan fingerprint density at radius 2 is 2.11 bits per heavy atom. The van der Waals surface area contributed by atoms with Gasteiger partial charge in [-0.15, -0.1) is 0 Å². The highest BCUT2D eigenvalue weighted by molar-refractivity contribution is 5.81. The lowest BCUT2D eigenvalue weighted by atomic mass is 9.86. The lowest BCUT2D eigenvalue weighted by Crippen LogP contribution is -2.51. The van der Waals surface area contributed by atoms with Gasteiger partial charge in [0, 0.05) is 13.2 Å². The highest BCUT2D eigenvalue weighted by Crippen LogP contribution is 2.36. The predicted octanol–water partition coefficient (Wildman–Crippen LogP) is 2.50. The summed E-state index contributed by atoms with van der Waals surface area (Å²) < 4.78 is 10.6. The quantitative estimate of drug-likeness (QED) is 0.544. The first-order valence-corrected chi connectivity index (χ1v) is 7.53. The number of carbonyl (C=O) groups is 1. The van der Waals surface area contributed by atoms with Crippen molar-refractivity contribution in [1.29, 1.82) is 0 Å². The van der Waals surface area contributed by atoms with E-state index in [1.54, 1.807) is 0 Å². The highest BCUT2D eigenvalue weighted by atomic mass is 16.5. The number of carbonyl (C=O) groups excluding carboxylic acids is 1. The lowest BCUT2D eigenvalue weighted by Gasteiger charge is -2.28. The molecule has 0 aromatic carbocycles. The minimum atomic E-state index is -0.785. The van der Waals surface area contributed by atoms with Crippen LogP contribution in [0, 0.1) is 11.8 Å². The molecule has 0 amide bonds. The molecule has 1 aliphatic carbocycles. The smallest absolute Gasteiger partial charge is 0.326 e. The monoisotopic (exact) mass is 271 g/mol. The van der Waals surface area contributed by atoms with E-state index in [4.69, 9.17) is 15.2 Å². The van der Waals surface area contributed by atoms with Crippen molar-refractivity contribution >= 4 is 5.97 Å². The fourth-order valence-electron chi connectivity index (χ4n) is 2.96. The van der Waals surface area contributed by atoms with Crippen molar-refractivity contribution < 1.29 is 14.3 Å². The third-order valence-corrected chi connectivity index (χ3v) is 4.56. The third-order valence-electron chi connectivity index (χ3n) is 4.56. The molecule has 0 aliphatic heterocycles. The van der Waals surface area contributed by atoms with E-state index in [1.807, 2.05) is 0 Å². The fraction of sp³-hybridized carbons (Fsp3) is 0.933. The molecular formula is C15H29NO3. The van der Waals surface area contributed by atoms with E-state index in [2.05, 4.69) is 13.8 Å². The number of esters is 1. The lowest BCUT2D eigenvalue weighted by molar-refractivity contribution is -0.148. The first-order valence-electron chi connectivity index (χ1n) is 7.53. The topological polar surface area (TPSA) is 61.5 Å². The second-order valence-corrected chi connectivity index (χ2v) is 5.67. The van der Waals surface area contributed by atoms with Crippen LogP contribution in [0.3, 0.4) is 0 Å². The Bertz CT molecular complexity index is 279. The Labute approximate surface area is 117 Å². The van der Waals surface area contributed by atoms with Gasteiger partial charge in [-0.25, -0.2) is 0 Å². The van der Waals surface area contributed by atoms with E-state index in [9.17, 15) is 4.79 Å². The second-order valence-electron chi connectivity index (χ2n) is 5.67. The molecule has 2 atom stereocenters. The van der Waals surface area contributed by atoms with Crippen molar-refractivity contribution in [2.24, 2.45) is 17.6 Å². The summed E-state index contributed by atoms with van der Waals surface area (Å²) in [5.41, 5.74) is 5.44. The maximum atomic E-state index is 11.8. The molecular weight excluding hydrogens is 242 g/mol. The Balaban J connectivity index is 2.34. The minimum absolute atomic E-state index is 0.196. The number of hydrogen-bond acceptors (Lipinski definition) is 4. The molecule has 4 nitrogen and oxygen atoms in total. The van der Waals surface area contributed by atoms with Gasteiger partial charge in [0.25, 0.3) is 0 Å². The van der Waals surface area contributed by atoms with Crippen LogP contribution in [-0.4, -0.2) is 31.8 Å². The average molecular weight is 271 g/mol. The van der Waals surface area contributed by atoms with Crippen molar-refractivity contribution in [2.75, 3.05) is 20.3 Å². The summed E-state index contributed by atoms with van der Waals surface area (Å²) in [6.45, 7) is 5.89. The largest absolute Gasteiger partial charge is 0.468 e. The maximum absolute atomic E-state index is 11.8. The Morgan fingerprint density at radius 3 is 2.68 bits per heavy atom. The summed E-state index contributed by atoms with van der Waals surface area (Å²) in [6.07, 6.45) is 5.90. The van der Waals surface area contributed by atoms with Crippen LogP contribution in [0.15, 0.2) is 0 Å². The van der Waals surface area contributed by atoms with Gasteiger partial charge in [-0.3, -0.25) is 4.79 Å². The van der Waals surface area contributed by atoms with Gasteiger partial charge in [0.05, 0.1) is 7.11 Å². The van der Waals surface area contributed by atoms with E-state index in [-0.39, 0.29) is 11.9 Å². The molecule has 0 saturated heterocycles.